The van der Waals surface area contributed by atoms with E-state index < -0.39 is 0 Å². The van der Waals surface area contributed by atoms with Crippen molar-refractivity contribution in [2.24, 2.45) is 5.92 Å². The Kier molecular flexibility index (Phi) is 7.68. The number of rotatable bonds is 7. The fraction of sp³-hybridized carbons (Fsp3) is 0.611. The number of carbonyl (C=O) groups is 1. The highest BCUT2D eigenvalue weighted by Gasteiger charge is 2.25. The molecule has 3 nitrogen and oxygen atoms in total. The SMILES string of the molecule is CCCCCNC(=O)C1CCCN(Cc2ccc(Cl)cc2Cl)C1. The quantitative estimate of drug-likeness (QED) is 0.728. The smallest absolute Gasteiger partial charge is 0.224 e. The molecule has 23 heavy (non-hydrogen) atoms. The molecule has 1 N–H and O–H groups in total. The fourth-order valence-corrected chi connectivity index (χ4v) is 3.50. The summed E-state index contributed by atoms with van der Waals surface area (Å²) in [5.74, 6) is 0.296. The van der Waals surface area contributed by atoms with Crippen molar-refractivity contribution >= 4 is 29.1 Å². The molecule has 1 aliphatic heterocycles. The van der Waals surface area contributed by atoms with Crippen LogP contribution >= 0.6 is 23.2 Å². The van der Waals surface area contributed by atoms with Crippen LogP contribution < -0.4 is 5.32 Å². The number of nitrogens with one attached hydrogen (secondary N) is 1. The van der Waals surface area contributed by atoms with Crippen molar-refractivity contribution < 1.29 is 4.79 Å². The summed E-state index contributed by atoms with van der Waals surface area (Å²) in [5.41, 5.74) is 1.07. The molecular formula is C18H26Cl2N2O. The van der Waals surface area contributed by atoms with Gasteiger partial charge < -0.3 is 5.32 Å². The second-order valence-electron chi connectivity index (χ2n) is 6.31. The molecule has 0 radical (unpaired) electrons. The molecule has 1 aliphatic rings. The predicted octanol–water partition coefficient (Wildman–Crippen LogP) is 4.51. The van der Waals surface area contributed by atoms with Crippen LogP contribution in [-0.4, -0.2) is 30.4 Å². The van der Waals surface area contributed by atoms with E-state index in [1.165, 1.54) is 12.8 Å². The molecule has 1 aromatic rings. The van der Waals surface area contributed by atoms with Gasteiger partial charge in [0.2, 0.25) is 5.91 Å². The van der Waals surface area contributed by atoms with Gasteiger partial charge in [0.25, 0.3) is 0 Å². The third-order valence-corrected chi connectivity index (χ3v) is 4.95. The van der Waals surface area contributed by atoms with Crippen LogP contribution in [0.4, 0.5) is 0 Å². The number of halogens is 2. The van der Waals surface area contributed by atoms with E-state index in [2.05, 4.69) is 17.1 Å². The number of hydrogen-bond donors (Lipinski definition) is 1. The van der Waals surface area contributed by atoms with Crippen molar-refractivity contribution in [1.82, 2.24) is 10.2 Å². The number of benzene rings is 1. The maximum atomic E-state index is 12.3. The molecule has 1 saturated heterocycles. The molecule has 0 spiro atoms. The Hall–Kier alpha value is -0.770. The Balaban J connectivity index is 1.84. The van der Waals surface area contributed by atoms with Crippen molar-refractivity contribution in [2.75, 3.05) is 19.6 Å². The normalized spacial score (nSPS) is 18.8. The Morgan fingerprint density at radius 2 is 2.17 bits per heavy atom. The van der Waals surface area contributed by atoms with Gasteiger partial charge in [-0.1, -0.05) is 49.0 Å². The van der Waals surface area contributed by atoms with E-state index >= 15 is 0 Å². The molecule has 5 heteroatoms. The van der Waals surface area contributed by atoms with Crippen molar-refractivity contribution in [1.29, 1.82) is 0 Å². The number of piperidine rings is 1. The maximum Gasteiger partial charge on any atom is 0.224 e. The number of nitrogens with zero attached hydrogens (tertiary/aromatic N) is 1. The van der Waals surface area contributed by atoms with Gasteiger partial charge in [-0.25, -0.2) is 0 Å². The summed E-state index contributed by atoms with van der Waals surface area (Å²) < 4.78 is 0. The van der Waals surface area contributed by atoms with E-state index in [9.17, 15) is 4.79 Å². The molecule has 1 amide bonds. The summed E-state index contributed by atoms with van der Waals surface area (Å²) in [6.45, 7) is 5.56. The Morgan fingerprint density at radius 3 is 2.91 bits per heavy atom. The van der Waals surface area contributed by atoms with Gasteiger partial charge in [0.05, 0.1) is 5.92 Å². The molecule has 128 valence electrons. The summed E-state index contributed by atoms with van der Waals surface area (Å²) in [4.78, 5) is 14.6. The average Bonchev–Trinajstić information content (AvgIpc) is 2.54. The predicted molar refractivity (Wildman–Crippen MR) is 97.0 cm³/mol. The van der Waals surface area contributed by atoms with Gasteiger partial charge in [-0.3, -0.25) is 9.69 Å². The summed E-state index contributed by atoms with van der Waals surface area (Å²) in [7, 11) is 0. The molecule has 1 fully saturated rings. The Bertz CT molecular complexity index is 522. The van der Waals surface area contributed by atoms with Crippen LogP contribution in [-0.2, 0) is 11.3 Å². The van der Waals surface area contributed by atoms with Gasteiger partial charge >= 0.3 is 0 Å². The van der Waals surface area contributed by atoms with Gasteiger partial charge in [-0.15, -0.1) is 0 Å². The lowest BCUT2D eigenvalue weighted by Crippen LogP contribution is -2.42. The van der Waals surface area contributed by atoms with E-state index in [0.29, 0.717) is 10.0 Å². The topological polar surface area (TPSA) is 32.3 Å². The number of amides is 1. The zero-order valence-corrected chi connectivity index (χ0v) is 15.3. The summed E-state index contributed by atoms with van der Waals surface area (Å²) in [6.07, 6.45) is 5.45. The minimum atomic E-state index is 0.0939. The Labute approximate surface area is 149 Å². The third-order valence-electron chi connectivity index (χ3n) is 4.36. The van der Waals surface area contributed by atoms with Crippen molar-refractivity contribution in [3.8, 4) is 0 Å². The lowest BCUT2D eigenvalue weighted by atomic mass is 9.96. The zero-order chi connectivity index (χ0) is 16.7. The van der Waals surface area contributed by atoms with Gasteiger partial charge in [0.15, 0.2) is 0 Å². The highest BCUT2D eigenvalue weighted by molar-refractivity contribution is 6.35. The first-order valence-corrected chi connectivity index (χ1v) is 9.29. The van der Waals surface area contributed by atoms with E-state index in [-0.39, 0.29) is 11.8 Å². The van der Waals surface area contributed by atoms with E-state index in [0.717, 1.165) is 51.0 Å². The zero-order valence-electron chi connectivity index (χ0n) is 13.8. The summed E-state index contributed by atoms with van der Waals surface area (Å²) in [6, 6.07) is 5.62. The molecule has 1 aromatic carbocycles. The third kappa shape index (κ3) is 5.98. The number of carbonyl (C=O) groups excluding carboxylic acids is 1. The van der Waals surface area contributed by atoms with Gasteiger partial charge in [0, 0.05) is 29.7 Å². The number of hydrogen-bond acceptors (Lipinski definition) is 2. The standard InChI is InChI=1S/C18H26Cl2N2O/c1-2-3-4-9-21-18(23)15-6-5-10-22(13-15)12-14-7-8-16(19)11-17(14)20/h7-8,11,15H,2-6,9-10,12-13H2,1H3,(H,21,23). The molecule has 0 bridgehead atoms. The Morgan fingerprint density at radius 1 is 1.35 bits per heavy atom. The van der Waals surface area contributed by atoms with E-state index in [1.807, 2.05) is 12.1 Å². The molecule has 2 rings (SSSR count). The fourth-order valence-electron chi connectivity index (χ4n) is 3.03. The number of likely N-dealkylation sites (tertiary alicyclic amines) is 1. The van der Waals surface area contributed by atoms with E-state index in [4.69, 9.17) is 23.2 Å². The minimum absolute atomic E-state index is 0.0939. The van der Waals surface area contributed by atoms with Crippen molar-refractivity contribution in [2.45, 2.75) is 45.6 Å². The van der Waals surface area contributed by atoms with Crippen LogP contribution in [0.25, 0.3) is 0 Å². The highest BCUT2D eigenvalue weighted by Crippen LogP contribution is 2.25. The lowest BCUT2D eigenvalue weighted by molar-refractivity contribution is -0.126. The second kappa shape index (κ2) is 9.51. The summed E-state index contributed by atoms with van der Waals surface area (Å²) >= 11 is 12.2. The average molecular weight is 357 g/mol. The molecule has 0 saturated carbocycles. The van der Waals surface area contributed by atoms with Crippen molar-refractivity contribution in [3.63, 3.8) is 0 Å². The molecular weight excluding hydrogens is 331 g/mol. The van der Waals surface area contributed by atoms with Crippen LogP contribution in [0.5, 0.6) is 0 Å². The second-order valence-corrected chi connectivity index (χ2v) is 7.15. The lowest BCUT2D eigenvalue weighted by Gasteiger charge is -2.32. The van der Waals surface area contributed by atoms with Crippen LogP contribution in [0, 0.1) is 5.92 Å². The van der Waals surface area contributed by atoms with Crippen LogP contribution in [0.3, 0.4) is 0 Å². The molecule has 1 heterocycles. The van der Waals surface area contributed by atoms with Crippen LogP contribution in [0.1, 0.15) is 44.6 Å². The highest BCUT2D eigenvalue weighted by atomic mass is 35.5. The summed E-state index contributed by atoms with van der Waals surface area (Å²) in [5, 5.41) is 4.43. The van der Waals surface area contributed by atoms with Gasteiger partial charge in [-0.2, -0.15) is 0 Å². The molecule has 0 aliphatic carbocycles. The first-order valence-electron chi connectivity index (χ1n) is 8.54. The van der Waals surface area contributed by atoms with E-state index in [1.54, 1.807) is 6.07 Å². The van der Waals surface area contributed by atoms with Crippen molar-refractivity contribution in [3.05, 3.63) is 33.8 Å². The van der Waals surface area contributed by atoms with Crippen LogP contribution in [0.15, 0.2) is 18.2 Å². The molecule has 0 aromatic heterocycles. The largest absolute Gasteiger partial charge is 0.356 e. The molecule has 1 unspecified atom stereocenters. The number of unbranched alkanes of at least 4 members (excludes halogenated alkanes) is 2. The minimum Gasteiger partial charge on any atom is -0.356 e. The molecule has 1 atom stereocenters. The van der Waals surface area contributed by atoms with Crippen LogP contribution in [0.2, 0.25) is 10.0 Å². The first-order chi connectivity index (χ1) is 11.1. The van der Waals surface area contributed by atoms with Gasteiger partial charge in [0.1, 0.15) is 0 Å². The maximum absolute atomic E-state index is 12.3. The monoisotopic (exact) mass is 356 g/mol. The first kappa shape index (κ1) is 18.6. The van der Waals surface area contributed by atoms with Gasteiger partial charge in [-0.05, 0) is 43.5 Å².